The van der Waals surface area contributed by atoms with E-state index in [2.05, 4.69) is 10.3 Å². The van der Waals surface area contributed by atoms with Crippen LogP contribution in [0.3, 0.4) is 0 Å². The molecular formula is C17H11Cl2FN2O. The Morgan fingerprint density at radius 2 is 1.87 bits per heavy atom. The van der Waals surface area contributed by atoms with Gasteiger partial charge in [-0.05, 0) is 49.4 Å². The Morgan fingerprint density at radius 1 is 1.09 bits per heavy atom. The number of fused-ring (bicyclic) bond motifs is 1. The average Bonchev–Trinajstić information content (AvgIpc) is 2.50. The quantitative estimate of drug-likeness (QED) is 0.687. The molecule has 1 amide bonds. The van der Waals surface area contributed by atoms with Gasteiger partial charge in [0.1, 0.15) is 5.82 Å². The van der Waals surface area contributed by atoms with E-state index in [1.54, 1.807) is 37.3 Å². The van der Waals surface area contributed by atoms with E-state index in [0.29, 0.717) is 37.9 Å². The minimum Gasteiger partial charge on any atom is -0.322 e. The Morgan fingerprint density at radius 3 is 2.61 bits per heavy atom. The zero-order chi connectivity index (χ0) is 16.6. The molecule has 3 rings (SSSR count). The number of pyridine rings is 1. The van der Waals surface area contributed by atoms with E-state index in [-0.39, 0.29) is 5.91 Å². The number of nitrogens with zero attached hydrogens (tertiary/aromatic N) is 1. The molecule has 3 aromatic rings. The van der Waals surface area contributed by atoms with Crippen LogP contribution in [0, 0.1) is 12.7 Å². The number of aromatic nitrogens is 1. The summed E-state index contributed by atoms with van der Waals surface area (Å²) in [6.45, 7) is 1.78. The number of anilines is 1. The van der Waals surface area contributed by atoms with Crippen LogP contribution in [0.5, 0.6) is 0 Å². The van der Waals surface area contributed by atoms with Gasteiger partial charge in [-0.2, -0.15) is 0 Å². The van der Waals surface area contributed by atoms with E-state index < -0.39 is 5.82 Å². The standard InChI is InChI=1S/C17H11Cl2FN2O/c1-9-6-13(12-7-10(20)2-5-16(12)21-9)17(23)22-11-3-4-14(18)15(19)8-11/h2-8H,1H3,(H,22,23). The summed E-state index contributed by atoms with van der Waals surface area (Å²) in [6, 6.07) is 10.6. The lowest BCUT2D eigenvalue weighted by Crippen LogP contribution is -2.13. The van der Waals surface area contributed by atoms with Crippen LogP contribution in [0.1, 0.15) is 16.1 Å². The number of rotatable bonds is 2. The summed E-state index contributed by atoms with van der Waals surface area (Å²) in [4.78, 5) is 16.9. The number of amides is 1. The molecule has 0 atom stereocenters. The second kappa shape index (κ2) is 6.14. The molecule has 0 aliphatic rings. The molecule has 0 radical (unpaired) electrons. The van der Waals surface area contributed by atoms with Crippen molar-refractivity contribution in [3.05, 3.63) is 69.6 Å². The van der Waals surface area contributed by atoms with E-state index in [0.717, 1.165) is 0 Å². The Balaban J connectivity index is 2.03. The van der Waals surface area contributed by atoms with Gasteiger partial charge in [-0.1, -0.05) is 23.2 Å². The fraction of sp³-hybridized carbons (Fsp3) is 0.0588. The lowest BCUT2D eigenvalue weighted by Gasteiger charge is -2.10. The van der Waals surface area contributed by atoms with Gasteiger partial charge in [0.2, 0.25) is 0 Å². The highest BCUT2D eigenvalue weighted by molar-refractivity contribution is 6.42. The van der Waals surface area contributed by atoms with Crippen LogP contribution >= 0.6 is 23.2 Å². The second-order valence-corrected chi connectivity index (χ2v) is 5.87. The molecule has 1 N–H and O–H groups in total. The predicted octanol–water partition coefficient (Wildman–Crippen LogP) is 5.24. The summed E-state index contributed by atoms with van der Waals surface area (Å²) in [6.07, 6.45) is 0. The van der Waals surface area contributed by atoms with Crippen LogP contribution in [-0.4, -0.2) is 10.9 Å². The lowest BCUT2D eigenvalue weighted by molar-refractivity contribution is 0.102. The predicted molar refractivity (Wildman–Crippen MR) is 90.9 cm³/mol. The number of hydrogen-bond acceptors (Lipinski definition) is 2. The molecule has 6 heteroatoms. The summed E-state index contributed by atoms with van der Waals surface area (Å²) in [5, 5.41) is 3.92. The van der Waals surface area contributed by atoms with Crippen molar-refractivity contribution in [3.63, 3.8) is 0 Å². The van der Waals surface area contributed by atoms with Crippen molar-refractivity contribution in [1.82, 2.24) is 4.98 Å². The van der Waals surface area contributed by atoms with Gasteiger partial charge in [-0.3, -0.25) is 9.78 Å². The Hall–Kier alpha value is -2.17. The molecule has 0 unspecified atom stereocenters. The smallest absolute Gasteiger partial charge is 0.256 e. The molecule has 23 heavy (non-hydrogen) atoms. The molecule has 2 aromatic carbocycles. The zero-order valence-corrected chi connectivity index (χ0v) is 13.5. The molecule has 1 heterocycles. The highest BCUT2D eigenvalue weighted by atomic mass is 35.5. The van der Waals surface area contributed by atoms with Gasteiger partial charge in [0, 0.05) is 16.8 Å². The highest BCUT2D eigenvalue weighted by Crippen LogP contribution is 2.26. The molecule has 0 fully saturated rings. The first-order valence-electron chi connectivity index (χ1n) is 6.77. The van der Waals surface area contributed by atoms with Crippen LogP contribution in [0.4, 0.5) is 10.1 Å². The fourth-order valence-electron chi connectivity index (χ4n) is 2.29. The molecular weight excluding hydrogens is 338 g/mol. The molecule has 116 valence electrons. The SMILES string of the molecule is Cc1cc(C(=O)Nc2ccc(Cl)c(Cl)c2)c2cc(F)ccc2n1. The minimum absolute atomic E-state index is 0.339. The zero-order valence-electron chi connectivity index (χ0n) is 12.0. The van der Waals surface area contributed by atoms with Crippen molar-refractivity contribution >= 4 is 45.7 Å². The van der Waals surface area contributed by atoms with E-state index in [9.17, 15) is 9.18 Å². The second-order valence-electron chi connectivity index (χ2n) is 5.06. The maximum Gasteiger partial charge on any atom is 0.256 e. The van der Waals surface area contributed by atoms with E-state index in [1.807, 2.05) is 0 Å². The van der Waals surface area contributed by atoms with Crippen LogP contribution in [0.15, 0.2) is 42.5 Å². The number of carbonyl (C=O) groups excluding carboxylic acids is 1. The van der Waals surface area contributed by atoms with Crippen molar-refractivity contribution in [2.45, 2.75) is 6.92 Å². The van der Waals surface area contributed by atoms with Crippen LogP contribution < -0.4 is 5.32 Å². The lowest BCUT2D eigenvalue weighted by atomic mass is 10.1. The summed E-state index contributed by atoms with van der Waals surface area (Å²) < 4.78 is 13.5. The third-order valence-corrected chi connectivity index (χ3v) is 4.06. The number of hydrogen-bond donors (Lipinski definition) is 1. The van der Waals surface area contributed by atoms with Crippen LogP contribution in [-0.2, 0) is 0 Å². The van der Waals surface area contributed by atoms with Crippen molar-refractivity contribution in [2.24, 2.45) is 0 Å². The van der Waals surface area contributed by atoms with Crippen molar-refractivity contribution in [3.8, 4) is 0 Å². The van der Waals surface area contributed by atoms with Crippen molar-refractivity contribution in [2.75, 3.05) is 5.32 Å². The Labute approximate surface area is 142 Å². The van der Waals surface area contributed by atoms with Crippen molar-refractivity contribution in [1.29, 1.82) is 0 Å². The number of aryl methyl sites for hydroxylation is 1. The Kier molecular flexibility index (Phi) is 4.20. The Bertz CT molecular complexity index is 928. The molecule has 0 aliphatic heterocycles. The topological polar surface area (TPSA) is 42.0 Å². The molecule has 0 aliphatic carbocycles. The molecule has 0 spiro atoms. The first kappa shape index (κ1) is 15.7. The average molecular weight is 349 g/mol. The van der Waals surface area contributed by atoms with Gasteiger partial charge in [-0.25, -0.2) is 4.39 Å². The van der Waals surface area contributed by atoms with Crippen LogP contribution in [0.2, 0.25) is 10.0 Å². The minimum atomic E-state index is -0.424. The van der Waals surface area contributed by atoms with Crippen LogP contribution in [0.25, 0.3) is 10.9 Å². The number of benzene rings is 2. The molecule has 0 bridgehead atoms. The van der Waals surface area contributed by atoms with Gasteiger partial charge in [0.15, 0.2) is 0 Å². The summed E-state index contributed by atoms with van der Waals surface area (Å²) in [5.41, 5.74) is 2.08. The number of halogens is 3. The third kappa shape index (κ3) is 3.28. The van der Waals surface area contributed by atoms with Gasteiger partial charge >= 0.3 is 0 Å². The van der Waals surface area contributed by atoms with E-state index >= 15 is 0 Å². The van der Waals surface area contributed by atoms with Crippen molar-refractivity contribution < 1.29 is 9.18 Å². The van der Waals surface area contributed by atoms with Gasteiger partial charge in [0.25, 0.3) is 5.91 Å². The summed E-state index contributed by atoms with van der Waals surface area (Å²) in [7, 11) is 0. The largest absolute Gasteiger partial charge is 0.322 e. The van der Waals surface area contributed by atoms with Gasteiger partial charge < -0.3 is 5.32 Å². The van der Waals surface area contributed by atoms with E-state index in [1.165, 1.54) is 12.1 Å². The van der Waals surface area contributed by atoms with Gasteiger partial charge in [-0.15, -0.1) is 0 Å². The monoisotopic (exact) mass is 348 g/mol. The maximum atomic E-state index is 13.5. The molecule has 0 saturated heterocycles. The number of carbonyl (C=O) groups is 1. The normalized spacial score (nSPS) is 10.8. The molecule has 1 aromatic heterocycles. The number of nitrogens with one attached hydrogen (secondary N) is 1. The molecule has 3 nitrogen and oxygen atoms in total. The highest BCUT2D eigenvalue weighted by Gasteiger charge is 2.13. The fourth-order valence-corrected chi connectivity index (χ4v) is 2.59. The first-order valence-corrected chi connectivity index (χ1v) is 7.53. The van der Waals surface area contributed by atoms with E-state index in [4.69, 9.17) is 23.2 Å². The van der Waals surface area contributed by atoms with Gasteiger partial charge in [0.05, 0.1) is 21.1 Å². The third-order valence-electron chi connectivity index (χ3n) is 3.32. The summed E-state index contributed by atoms with van der Waals surface area (Å²) >= 11 is 11.8. The first-order chi connectivity index (χ1) is 10.9. The maximum absolute atomic E-state index is 13.5. The molecule has 0 saturated carbocycles. The summed E-state index contributed by atoms with van der Waals surface area (Å²) in [5.74, 6) is -0.795.